The molecule has 3 N–H and O–H groups in total. The van der Waals surface area contributed by atoms with Crippen molar-refractivity contribution >= 4 is 29.3 Å². The molecule has 0 saturated carbocycles. The fourth-order valence-electron chi connectivity index (χ4n) is 4.81. The average Bonchev–Trinajstić information content (AvgIpc) is 3.33. The minimum atomic E-state index is -0.365. The molecule has 1 aliphatic carbocycles. The molecular weight excluding hydrogens is 484 g/mol. The van der Waals surface area contributed by atoms with Crippen LogP contribution in [0.2, 0.25) is 0 Å². The second-order valence-electron chi connectivity index (χ2n) is 8.91. The lowest BCUT2D eigenvalue weighted by Crippen LogP contribution is -2.56. The Morgan fingerprint density at radius 1 is 1.28 bits per heavy atom. The zero-order valence-corrected chi connectivity index (χ0v) is 21.4. The maximum Gasteiger partial charge on any atom is 0.414 e. The van der Waals surface area contributed by atoms with Crippen molar-refractivity contribution in [2.75, 3.05) is 44.8 Å². The van der Waals surface area contributed by atoms with Crippen molar-refractivity contribution in [1.82, 2.24) is 10.2 Å². The number of fused-ring (bicyclic) bond motifs is 1. The summed E-state index contributed by atoms with van der Waals surface area (Å²) in [5, 5.41) is 3.49. The van der Waals surface area contributed by atoms with Gasteiger partial charge in [-0.25, -0.2) is 4.79 Å². The van der Waals surface area contributed by atoms with Crippen molar-refractivity contribution in [3.63, 3.8) is 0 Å². The summed E-state index contributed by atoms with van der Waals surface area (Å²) in [6.07, 6.45) is 2.71. The van der Waals surface area contributed by atoms with Crippen LogP contribution >= 0.6 is 11.6 Å². The second kappa shape index (κ2) is 11.8. The van der Waals surface area contributed by atoms with Gasteiger partial charge < -0.3 is 25.3 Å². The SMILES string of the molecule is CCOC(=O)N(CCN1CCC(NC(=O)C2=C3OC=C(Cl)C(N)=C3CC2)C(OC)C1)c1ccccc1. The minimum absolute atomic E-state index is 0.143. The summed E-state index contributed by atoms with van der Waals surface area (Å²) in [5.74, 6) is 0.345. The smallest absolute Gasteiger partial charge is 0.414 e. The number of carbonyl (C=O) groups excluding carboxylic acids is 2. The molecule has 194 valence electrons. The number of methoxy groups -OCH3 is 1. The summed E-state index contributed by atoms with van der Waals surface area (Å²) in [5.41, 5.74) is 8.70. The van der Waals surface area contributed by atoms with E-state index in [0.717, 1.165) is 24.2 Å². The zero-order chi connectivity index (χ0) is 25.7. The van der Waals surface area contributed by atoms with Crippen LogP contribution in [0.25, 0.3) is 0 Å². The molecule has 0 spiro atoms. The highest BCUT2D eigenvalue weighted by Crippen LogP contribution is 2.39. The van der Waals surface area contributed by atoms with Crippen LogP contribution in [-0.4, -0.2) is 68.9 Å². The van der Waals surface area contributed by atoms with E-state index in [0.29, 0.717) is 61.1 Å². The number of rotatable bonds is 8. The lowest BCUT2D eigenvalue weighted by Gasteiger charge is -2.38. The summed E-state index contributed by atoms with van der Waals surface area (Å²) in [6.45, 7) is 4.63. The Morgan fingerprint density at radius 2 is 2.06 bits per heavy atom. The third-order valence-corrected chi connectivity index (χ3v) is 7.06. The van der Waals surface area contributed by atoms with E-state index in [1.54, 1.807) is 18.9 Å². The lowest BCUT2D eigenvalue weighted by atomic mass is 10.0. The van der Waals surface area contributed by atoms with Gasteiger partial charge in [0.15, 0.2) is 0 Å². The Morgan fingerprint density at radius 3 is 2.78 bits per heavy atom. The molecule has 4 rings (SSSR count). The zero-order valence-electron chi connectivity index (χ0n) is 20.7. The van der Waals surface area contributed by atoms with Crippen LogP contribution in [0.3, 0.4) is 0 Å². The van der Waals surface area contributed by atoms with Gasteiger partial charge in [0.1, 0.15) is 12.0 Å². The van der Waals surface area contributed by atoms with Gasteiger partial charge in [-0.2, -0.15) is 0 Å². The van der Waals surface area contributed by atoms with Crippen molar-refractivity contribution in [2.24, 2.45) is 5.73 Å². The molecule has 0 aromatic heterocycles. The third kappa shape index (κ3) is 5.69. The fourth-order valence-corrected chi connectivity index (χ4v) is 4.97. The number of carbonyl (C=O) groups is 2. The molecule has 2 atom stereocenters. The Hall–Kier alpha value is -3.01. The number of nitrogens with zero attached hydrogens (tertiary/aromatic N) is 2. The number of amides is 2. The van der Waals surface area contributed by atoms with Crippen LogP contribution < -0.4 is 16.0 Å². The number of allylic oxidation sites excluding steroid dienone is 2. The number of nitrogens with two attached hydrogens (primary N) is 1. The van der Waals surface area contributed by atoms with Crippen molar-refractivity contribution in [1.29, 1.82) is 0 Å². The summed E-state index contributed by atoms with van der Waals surface area (Å²) < 4.78 is 16.6. The number of likely N-dealkylation sites (tertiary alicyclic amines) is 1. The number of benzene rings is 1. The van der Waals surface area contributed by atoms with E-state index in [4.69, 9.17) is 31.5 Å². The number of hydrogen-bond donors (Lipinski definition) is 2. The first-order valence-electron chi connectivity index (χ1n) is 12.2. The van der Waals surface area contributed by atoms with Crippen LogP contribution in [0.15, 0.2) is 64.2 Å². The number of anilines is 1. The Labute approximate surface area is 216 Å². The van der Waals surface area contributed by atoms with Crippen molar-refractivity contribution < 1.29 is 23.8 Å². The number of ether oxygens (including phenoxy) is 3. The predicted octanol–water partition coefficient (Wildman–Crippen LogP) is 3.23. The first-order valence-corrected chi connectivity index (χ1v) is 12.6. The van der Waals surface area contributed by atoms with E-state index >= 15 is 0 Å². The van der Waals surface area contributed by atoms with Gasteiger partial charge in [0.25, 0.3) is 5.91 Å². The van der Waals surface area contributed by atoms with E-state index in [-0.39, 0.29) is 24.1 Å². The lowest BCUT2D eigenvalue weighted by molar-refractivity contribution is -0.120. The van der Waals surface area contributed by atoms with Crippen LogP contribution in [0, 0.1) is 0 Å². The second-order valence-corrected chi connectivity index (χ2v) is 9.32. The van der Waals surface area contributed by atoms with Gasteiger partial charge in [0.05, 0.1) is 35.1 Å². The van der Waals surface area contributed by atoms with Gasteiger partial charge in [0, 0.05) is 44.5 Å². The first kappa shape index (κ1) is 26.1. The van der Waals surface area contributed by atoms with Crippen molar-refractivity contribution in [2.45, 2.75) is 38.3 Å². The molecule has 36 heavy (non-hydrogen) atoms. The van der Waals surface area contributed by atoms with Crippen LogP contribution in [0.5, 0.6) is 0 Å². The van der Waals surface area contributed by atoms with Crippen LogP contribution in [0.4, 0.5) is 10.5 Å². The van der Waals surface area contributed by atoms with E-state index in [1.165, 1.54) is 6.26 Å². The molecule has 3 aliphatic rings. The summed E-state index contributed by atoms with van der Waals surface area (Å²) in [6, 6.07) is 9.35. The topological polar surface area (TPSA) is 106 Å². The van der Waals surface area contributed by atoms with E-state index in [9.17, 15) is 9.59 Å². The molecule has 1 aromatic rings. The third-order valence-electron chi connectivity index (χ3n) is 6.77. The summed E-state index contributed by atoms with van der Waals surface area (Å²) >= 11 is 6.06. The maximum atomic E-state index is 13.1. The quantitative estimate of drug-likeness (QED) is 0.546. The number of halogens is 1. The highest BCUT2D eigenvalue weighted by Gasteiger charge is 2.35. The number of nitrogens with one attached hydrogen (secondary N) is 1. The summed E-state index contributed by atoms with van der Waals surface area (Å²) in [7, 11) is 1.65. The molecule has 1 fully saturated rings. The maximum absolute atomic E-state index is 13.1. The molecule has 9 nitrogen and oxygen atoms in total. The first-order chi connectivity index (χ1) is 17.4. The van der Waals surface area contributed by atoms with Gasteiger partial charge in [-0.15, -0.1) is 0 Å². The standard InChI is InChI=1S/C26H33ClN4O5/c1-3-35-26(33)31(17-7-5-4-6-8-17)14-13-30-12-11-21(22(15-30)34-2)29-25(32)19-10-9-18-23(28)20(27)16-36-24(18)19/h4-8,16,21-22H,3,9-15,28H2,1-2H3,(H,29,32). The van der Waals surface area contributed by atoms with Gasteiger partial charge in [-0.1, -0.05) is 29.8 Å². The molecule has 2 amide bonds. The molecule has 2 aliphatic heterocycles. The molecule has 0 radical (unpaired) electrons. The van der Waals surface area contributed by atoms with E-state index in [1.807, 2.05) is 30.3 Å². The molecular formula is C26H33ClN4O5. The largest absolute Gasteiger partial charge is 0.462 e. The molecule has 1 saturated heterocycles. The van der Waals surface area contributed by atoms with Gasteiger partial charge in [-0.3, -0.25) is 14.6 Å². The van der Waals surface area contributed by atoms with Crippen molar-refractivity contribution in [3.8, 4) is 0 Å². The molecule has 2 heterocycles. The predicted molar refractivity (Wildman–Crippen MR) is 137 cm³/mol. The van der Waals surface area contributed by atoms with Gasteiger partial charge in [-0.05, 0) is 38.3 Å². The molecule has 0 bridgehead atoms. The minimum Gasteiger partial charge on any atom is -0.462 e. The monoisotopic (exact) mass is 516 g/mol. The van der Waals surface area contributed by atoms with Gasteiger partial charge >= 0.3 is 6.09 Å². The molecule has 2 unspecified atom stereocenters. The Balaban J connectivity index is 1.36. The van der Waals surface area contributed by atoms with Crippen LogP contribution in [-0.2, 0) is 19.0 Å². The summed E-state index contributed by atoms with van der Waals surface area (Å²) in [4.78, 5) is 29.6. The Kier molecular flexibility index (Phi) is 8.56. The number of piperidine rings is 1. The fraction of sp³-hybridized carbons (Fsp3) is 0.462. The highest BCUT2D eigenvalue weighted by molar-refractivity contribution is 6.32. The number of hydrogen-bond acceptors (Lipinski definition) is 7. The Bertz CT molecular complexity index is 1070. The van der Waals surface area contributed by atoms with Crippen LogP contribution in [0.1, 0.15) is 26.2 Å². The van der Waals surface area contributed by atoms with Gasteiger partial charge in [0.2, 0.25) is 0 Å². The highest BCUT2D eigenvalue weighted by atomic mass is 35.5. The molecule has 10 heteroatoms. The molecule has 1 aromatic carbocycles. The number of para-hydroxylation sites is 1. The average molecular weight is 517 g/mol. The van der Waals surface area contributed by atoms with Crippen molar-refractivity contribution in [3.05, 3.63) is 64.2 Å². The van der Waals surface area contributed by atoms with E-state index in [2.05, 4.69) is 10.2 Å². The van der Waals surface area contributed by atoms with E-state index < -0.39 is 0 Å². The normalized spacial score (nSPS) is 22.0.